The first kappa shape index (κ1) is 19.6. The Kier molecular flexibility index (Phi) is 6.73. The van der Waals surface area contributed by atoms with Crippen LogP contribution in [-0.4, -0.2) is 39.7 Å². The molecule has 1 unspecified atom stereocenters. The Morgan fingerprint density at radius 3 is 2.52 bits per heavy atom. The number of alkyl halides is 3. The average molecular weight is 419 g/mol. The number of halogens is 3. The van der Waals surface area contributed by atoms with E-state index < -0.39 is 31.9 Å². The second kappa shape index (κ2) is 8.59. The molecule has 0 heterocycles. The van der Waals surface area contributed by atoms with Crippen molar-refractivity contribution in [1.82, 2.24) is 0 Å². The third-order valence-corrected chi connectivity index (χ3v) is 5.44. The van der Waals surface area contributed by atoms with Gasteiger partial charge in [-0.15, -0.1) is 0 Å². The zero-order chi connectivity index (χ0) is 18.4. The summed E-state index contributed by atoms with van der Waals surface area (Å²) in [6, 6.07) is 11.3. The van der Waals surface area contributed by atoms with Crippen LogP contribution in [0.1, 0.15) is 24.8 Å². The summed E-state index contributed by atoms with van der Waals surface area (Å²) in [6.45, 7) is 1.75. The van der Waals surface area contributed by atoms with Gasteiger partial charge in [-0.25, -0.2) is 0 Å². The van der Waals surface area contributed by atoms with Crippen molar-refractivity contribution >= 4 is 31.7 Å². The van der Waals surface area contributed by atoms with E-state index >= 15 is 0 Å². The van der Waals surface area contributed by atoms with E-state index in [1.54, 1.807) is 14.0 Å². The summed E-state index contributed by atoms with van der Waals surface area (Å²) in [7, 11) is 1.60. The van der Waals surface area contributed by atoms with Crippen molar-refractivity contribution < 1.29 is 27.4 Å². The van der Waals surface area contributed by atoms with E-state index in [0.29, 0.717) is 0 Å². The number of carbonyl (C=O) groups is 1. The maximum absolute atomic E-state index is 12.1. The molecule has 7 heteroatoms. The van der Waals surface area contributed by atoms with Gasteiger partial charge in [-0.3, -0.25) is 0 Å². The predicted octanol–water partition coefficient (Wildman–Crippen LogP) is 4.53. The van der Waals surface area contributed by atoms with Crippen molar-refractivity contribution in [3.8, 4) is 5.75 Å². The van der Waals surface area contributed by atoms with Crippen LogP contribution < -0.4 is 4.74 Å². The predicted molar refractivity (Wildman–Crippen MR) is 91.1 cm³/mol. The van der Waals surface area contributed by atoms with Gasteiger partial charge in [0, 0.05) is 0 Å². The van der Waals surface area contributed by atoms with E-state index in [9.17, 15) is 18.0 Å². The van der Waals surface area contributed by atoms with Crippen LogP contribution in [-0.2, 0) is 9.53 Å². The van der Waals surface area contributed by atoms with Crippen LogP contribution in [0.25, 0.3) is 10.8 Å². The number of benzene rings is 2. The topological polar surface area (TPSA) is 35.5 Å². The first-order chi connectivity index (χ1) is 11.8. The third-order valence-electron chi connectivity index (χ3n) is 3.72. The molecule has 1 atom stereocenters. The van der Waals surface area contributed by atoms with E-state index in [1.165, 1.54) is 0 Å². The molecule has 2 rings (SSSR count). The van der Waals surface area contributed by atoms with Crippen LogP contribution in [0.4, 0.5) is 13.2 Å². The Balaban J connectivity index is 1.91. The third kappa shape index (κ3) is 5.94. The Morgan fingerprint density at radius 2 is 1.84 bits per heavy atom. The standard InChI is InChI=1S/C18H19F3O3Se/c1-12(17(22)24-8-3-9-25-18(19,20)21)13-4-5-15-11-16(23-2)7-6-14(15)10-13/h4-7,10-12H,3,8-9H2,1-2H3. The van der Waals surface area contributed by atoms with Crippen molar-refractivity contribution in [2.24, 2.45) is 0 Å². The van der Waals surface area contributed by atoms with Gasteiger partial charge >= 0.3 is 138 Å². The number of hydrogen-bond donors (Lipinski definition) is 0. The molecule has 25 heavy (non-hydrogen) atoms. The van der Waals surface area contributed by atoms with Gasteiger partial charge in [0.25, 0.3) is 0 Å². The average Bonchev–Trinajstić information content (AvgIpc) is 2.58. The minimum atomic E-state index is -4.10. The number of esters is 1. The first-order valence-electron chi connectivity index (χ1n) is 7.75. The molecule has 0 aliphatic heterocycles. The molecule has 0 saturated heterocycles. The SMILES string of the molecule is COc1ccc2cc(C(C)C(=O)OCCC[Se]C(F)(F)F)ccc2c1. The van der Waals surface area contributed by atoms with E-state index in [-0.39, 0.29) is 18.3 Å². The summed E-state index contributed by atoms with van der Waals surface area (Å²) in [5.74, 6) is -0.139. The Labute approximate surface area is 150 Å². The van der Waals surface area contributed by atoms with Gasteiger partial charge in [-0.2, -0.15) is 0 Å². The minimum absolute atomic E-state index is 0.0196. The van der Waals surface area contributed by atoms with Crippen molar-refractivity contribution in [2.45, 2.75) is 29.7 Å². The number of fused-ring (bicyclic) bond motifs is 1. The van der Waals surface area contributed by atoms with Gasteiger partial charge in [-0.05, 0) is 0 Å². The second-order valence-electron chi connectivity index (χ2n) is 5.51. The van der Waals surface area contributed by atoms with Crippen LogP contribution in [0.3, 0.4) is 0 Å². The van der Waals surface area contributed by atoms with Gasteiger partial charge in [0.1, 0.15) is 0 Å². The number of methoxy groups -OCH3 is 1. The molecule has 136 valence electrons. The monoisotopic (exact) mass is 420 g/mol. The molecule has 2 aromatic carbocycles. The zero-order valence-corrected chi connectivity index (χ0v) is 15.6. The fourth-order valence-corrected chi connectivity index (χ4v) is 3.35. The number of rotatable bonds is 7. The molecule has 0 radical (unpaired) electrons. The normalized spacial score (nSPS) is 12.8. The van der Waals surface area contributed by atoms with Gasteiger partial charge in [0.05, 0.1) is 7.11 Å². The Morgan fingerprint density at radius 1 is 1.16 bits per heavy atom. The number of carbonyl (C=O) groups excluding carboxylic acids is 1. The zero-order valence-electron chi connectivity index (χ0n) is 13.9. The van der Waals surface area contributed by atoms with E-state index in [0.717, 1.165) is 22.1 Å². The van der Waals surface area contributed by atoms with Crippen LogP contribution in [0, 0.1) is 0 Å². The molecule has 0 aliphatic rings. The summed E-state index contributed by atoms with van der Waals surface area (Å²) < 4.78 is 46.5. The second-order valence-corrected chi connectivity index (χ2v) is 7.94. The molecule has 0 amide bonds. The summed E-state index contributed by atoms with van der Waals surface area (Å²) in [5, 5.41) is -2.10. The molecule has 0 saturated carbocycles. The molecule has 2 aromatic rings. The van der Waals surface area contributed by atoms with Crippen molar-refractivity contribution in [3.05, 3.63) is 42.0 Å². The molecule has 0 spiro atoms. The van der Waals surface area contributed by atoms with Gasteiger partial charge in [0.15, 0.2) is 0 Å². The molecule has 0 fully saturated rings. The summed E-state index contributed by atoms with van der Waals surface area (Å²) >= 11 is -1.41. The Bertz CT molecular complexity index is 731. The van der Waals surface area contributed by atoms with Crippen molar-refractivity contribution in [3.63, 3.8) is 0 Å². The summed E-state index contributed by atoms with van der Waals surface area (Å²) in [4.78, 5) is 12.1. The van der Waals surface area contributed by atoms with E-state index in [2.05, 4.69) is 0 Å². The summed E-state index contributed by atoms with van der Waals surface area (Å²) in [5.41, 5.74) is 0.808. The van der Waals surface area contributed by atoms with Gasteiger partial charge < -0.3 is 4.74 Å². The van der Waals surface area contributed by atoms with Gasteiger partial charge in [-0.1, -0.05) is 0 Å². The number of ether oxygens (including phenoxy) is 2. The van der Waals surface area contributed by atoms with Crippen LogP contribution in [0.15, 0.2) is 36.4 Å². The van der Waals surface area contributed by atoms with Crippen molar-refractivity contribution in [2.75, 3.05) is 13.7 Å². The molecular weight excluding hydrogens is 400 g/mol. The summed E-state index contributed by atoms with van der Waals surface area (Å²) in [6.07, 6.45) is 0.232. The van der Waals surface area contributed by atoms with Crippen LogP contribution in [0.2, 0.25) is 5.32 Å². The first-order valence-corrected chi connectivity index (χ1v) is 9.82. The van der Waals surface area contributed by atoms with Gasteiger partial charge in [0.2, 0.25) is 0 Å². The van der Waals surface area contributed by atoms with Crippen LogP contribution >= 0.6 is 0 Å². The van der Waals surface area contributed by atoms with E-state index in [4.69, 9.17) is 9.47 Å². The van der Waals surface area contributed by atoms with Crippen molar-refractivity contribution in [1.29, 1.82) is 0 Å². The number of hydrogen-bond acceptors (Lipinski definition) is 3. The molecule has 0 bridgehead atoms. The Hall–Kier alpha value is -1.72. The molecular formula is C18H19F3O3Se. The fraction of sp³-hybridized carbons (Fsp3) is 0.389. The molecule has 0 aromatic heterocycles. The molecule has 0 aliphatic carbocycles. The molecule has 3 nitrogen and oxygen atoms in total. The molecule has 0 N–H and O–H groups in total. The van der Waals surface area contributed by atoms with E-state index in [1.807, 2.05) is 36.4 Å². The maximum atomic E-state index is 12.1. The van der Waals surface area contributed by atoms with Crippen LogP contribution in [0.5, 0.6) is 5.75 Å². The fourth-order valence-electron chi connectivity index (χ4n) is 2.32. The quantitative estimate of drug-likeness (QED) is 0.376.